The largest absolute Gasteiger partial charge is 0.478 e. The van der Waals surface area contributed by atoms with Gasteiger partial charge in [0.1, 0.15) is 5.56 Å². The Labute approximate surface area is 221 Å². The van der Waals surface area contributed by atoms with E-state index in [0.717, 1.165) is 32.3 Å². The van der Waals surface area contributed by atoms with Crippen molar-refractivity contribution in [3.8, 4) is 17.5 Å². The first-order valence-electron chi connectivity index (χ1n) is 11.7. The Morgan fingerprint density at radius 1 is 1.18 bits per heavy atom. The minimum Gasteiger partial charge on any atom is -0.478 e. The summed E-state index contributed by atoms with van der Waals surface area (Å²) in [5, 5.41) is 9.04. The maximum Gasteiger partial charge on any atom is 0.435 e. The maximum absolute atomic E-state index is 15.3. The lowest BCUT2D eigenvalue weighted by Crippen LogP contribution is -2.31. The molecule has 1 atom stereocenters. The van der Waals surface area contributed by atoms with E-state index in [1.165, 1.54) is 37.6 Å². The van der Waals surface area contributed by atoms with Crippen LogP contribution in [-0.4, -0.2) is 38.7 Å². The van der Waals surface area contributed by atoms with E-state index < -0.39 is 56.1 Å². The third-order valence-corrected chi connectivity index (χ3v) is 7.74. The molecule has 9 nitrogen and oxygen atoms in total. The Bertz CT molecular complexity index is 1560. The smallest absolute Gasteiger partial charge is 0.435 e. The van der Waals surface area contributed by atoms with Crippen molar-refractivity contribution in [1.29, 1.82) is 4.78 Å². The molecule has 0 aliphatic heterocycles. The lowest BCUT2D eigenvalue weighted by atomic mass is 9.68. The number of alkyl halides is 3. The van der Waals surface area contributed by atoms with E-state index >= 15 is 4.39 Å². The van der Waals surface area contributed by atoms with Gasteiger partial charge in [-0.15, -0.1) is 10.2 Å². The van der Waals surface area contributed by atoms with Gasteiger partial charge in [0.15, 0.2) is 11.5 Å². The van der Waals surface area contributed by atoms with Crippen molar-refractivity contribution < 1.29 is 36.0 Å². The van der Waals surface area contributed by atoms with Gasteiger partial charge >= 0.3 is 6.18 Å². The molecule has 1 aliphatic carbocycles. The van der Waals surface area contributed by atoms with Crippen LogP contribution in [0.5, 0.6) is 17.5 Å². The molecule has 0 radical (unpaired) electrons. The molecule has 1 unspecified atom stereocenters. The summed E-state index contributed by atoms with van der Waals surface area (Å²) in [5.41, 5.74) is -2.58. The summed E-state index contributed by atoms with van der Waals surface area (Å²) in [6.07, 6.45) is -1.22. The zero-order valence-electron chi connectivity index (χ0n) is 21.4. The molecule has 4 rings (SSSR count). The summed E-state index contributed by atoms with van der Waals surface area (Å²) in [7, 11) is -1.92. The van der Waals surface area contributed by atoms with E-state index in [-0.39, 0.29) is 21.9 Å². The molecule has 2 N–H and O–H groups in total. The number of amides is 1. The minimum atomic E-state index is -4.95. The fourth-order valence-corrected chi connectivity index (χ4v) is 4.89. The molecule has 1 fully saturated rings. The topological polar surface area (TPSA) is 127 Å². The van der Waals surface area contributed by atoms with Crippen molar-refractivity contribution in [2.45, 2.75) is 49.6 Å². The first kappa shape index (κ1) is 28.2. The van der Waals surface area contributed by atoms with Gasteiger partial charge in [-0.3, -0.25) is 4.79 Å². The molecule has 0 bridgehead atoms. The second-order valence-corrected chi connectivity index (χ2v) is 11.7. The van der Waals surface area contributed by atoms with Gasteiger partial charge < -0.3 is 14.8 Å². The minimum absolute atomic E-state index is 0.0542. The number of halogens is 4. The summed E-state index contributed by atoms with van der Waals surface area (Å²) in [6, 6.07) is 6.66. The third kappa shape index (κ3) is 5.65. The van der Waals surface area contributed by atoms with Crippen molar-refractivity contribution in [2.24, 2.45) is 0 Å². The predicted octanol–water partition coefficient (Wildman–Crippen LogP) is 5.87. The number of aromatic nitrogens is 3. The second kappa shape index (κ2) is 10.1. The van der Waals surface area contributed by atoms with Crippen LogP contribution in [0.25, 0.3) is 0 Å². The number of hydrogen-bond donors (Lipinski definition) is 2. The average Bonchev–Trinajstić information content (AvgIpc) is 2.82. The number of carbonyl (C=O) groups is 1. The first-order chi connectivity index (χ1) is 18.1. The molecule has 39 heavy (non-hydrogen) atoms. The Morgan fingerprint density at radius 2 is 1.87 bits per heavy atom. The average molecular weight is 568 g/mol. The lowest BCUT2D eigenvalue weighted by Gasteiger charge is -2.37. The van der Waals surface area contributed by atoms with Gasteiger partial charge in [-0.1, -0.05) is 19.4 Å². The summed E-state index contributed by atoms with van der Waals surface area (Å²) in [6.45, 7) is 2.93. The number of carbonyl (C=O) groups excluding carboxylic acids is 1. The van der Waals surface area contributed by atoms with Crippen LogP contribution in [0.15, 0.2) is 35.2 Å². The fourth-order valence-electron chi connectivity index (χ4n) is 4.20. The molecular formula is C25H25F4N5O4S. The maximum atomic E-state index is 15.3. The van der Waals surface area contributed by atoms with Crippen molar-refractivity contribution >= 4 is 21.3 Å². The molecule has 0 saturated heterocycles. The zero-order valence-corrected chi connectivity index (χ0v) is 22.2. The van der Waals surface area contributed by atoms with Gasteiger partial charge in [0, 0.05) is 28.3 Å². The number of nitrogens with zero attached hydrogens (tertiary/aromatic N) is 3. The van der Waals surface area contributed by atoms with E-state index in [9.17, 15) is 22.2 Å². The van der Waals surface area contributed by atoms with E-state index in [2.05, 4.69) is 20.5 Å². The molecule has 1 aromatic carbocycles. The predicted molar refractivity (Wildman–Crippen MR) is 133 cm³/mol. The molecule has 3 aromatic rings. The van der Waals surface area contributed by atoms with Crippen LogP contribution in [-0.2, 0) is 21.3 Å². The molecule has 208 valence electrons. The van der Waals surface area contributed by atoms with Gasteiger partial charge in [0.05, 0.1) is 22.5 Å². The third-order valence-electron chi connectivity index (χ3n) is 6.59. The molecule has 2 aromatic heterocycles. The summed E-state index contributed by atoms with van der Waals surface area (Å²) >= 11 is 0. The van der Waals surface area contributed by atoms with Gasteiger partial charge in [-0.05, 0) is 43.5 Å². The number of nitrogens with one attached hydrogen (secondary N) is 2. The van der Waals surface area contributed by atoms with Crippen LogP contribution in [0.1, 0.15) is 53.5 Å². The number of methoxy groups -OCH3 is 1. The van der Waals surface area contributed by atoms with E-state index in [4.69, 9.17) is 14.3 Å². The normalized spacial score (nSPS) is 16.1. The van der Waals surface area contributed by atoms with Crippen LogP contribution in [0, 0.1) is 17.5 Å². The van der Waals surface area contributed by atoms with Crippen LogP contribution in [0.4, 0.5) is 23.2 Å². The summed E-state index contributed by atoms with van der Waals surface area (Å²) in [4.78, 5) is 17.7. The standard InChI is InChI=1S/C25H25F4N5O4S/c1-13-18(21(35)31-14-7-5-8-15(11-14)39(4,30)36)22(34-33-20(13)25(27,28)29)38-19-16(26)12-17(32-23(19)37-3)24(2)9-6-10-24/h5,7-8,11-12,30H,6,9-10H2,1-4H3,(H,31,35). The SMILES string of the molecule is COc1nc(C2(C)CCC2)cc(F)c1Oc1nnc(C(F)(F)F)c(C)c1C(=O)Nc1cccc(S(C)(=N)=O)c1. The molecule has 1 aliphatic rings. The van der Waals surface area contributed by atoms with Crippen molar-refractivity contribution in [2.75, 3.05) is 18.7 Å². The first-order valence-corrected chi connectivity index (χ1v) is 13.6. The summed E-state index contributed by atoms with van der Waals surface area (Å²) < 4.78 is 86.7. The van der Waals surface area contributed by atoms with E-state index in [0.29, 0.717) is 5.69 Å². The second-order valence-electron chi connectivity index (χ2n) is 9.52. The molecule has 1 amide bonds. The van der Waals surface area contributed by atoms with Gasteiger partial charge in [-0.2, -0.15) is 13.2 Å². The quantitative estimate of drug-likeness (QED) is 0.342. The number of rotatable bonds is 7. The lowest BCUT2D eigenvalue weighted by molar-refractivity contribution is -0.142. The monoisotopic (exact) mass is 567 g/mol. The summed E-state index contributed by atoms with van der Waals surface area (Å²) in [5.74, 6) is -3.55. The number of ether oxygens (including phenoxy) is 2. The Morgan fingerprint density at radius 3 is 2.44 bits per heavy atom. The highest BCUT2D eigenvalue weighted by Crippen LogP contribution is 2.45. The highest BCUT2D eigenvalue weighted by atomic mass is 32.2. The van der Waals surface area contributed by atoms with Gasteiger partial charge in [0.25, 0.3) is 17.7 Å². The van der Waals surface area contributed by atoms with Crippen LogP contribution < -0.4 is 14.8 Å². The van der Waals surface area contributed by atoms with E-state index in [1.807, 2.05) is 6.92 Å². The molecule has 14 heteroatoms. The van der Waals surface area contributed by atoms with Crippen LogP contribution >= 0.6 is 0 Å². The van der Waals surface area contributed by atoms with Gasteiger partial charge in [-0.25, -0.2) is 18.4 Å². The number of hydrogen-bond acceptors (Lipinski definition) is 8. The number of benzene rings is 1. The number of pyridine rings is 1. The highest BCUT2D eigenvalue weighted by molar-refractivity contribution is 7.91. The Kier molecular flexibility index (Phi) is 7.27. The Hall–Kier alpha value is -3.81. The molecular weight excluding hydrogens is 542 g/mol. The van der Waals surface area contributed by atoms with Crippen molar-refractivity contribution in [1.82, 2.24) is 15.2 Å². The molecule has 1 saturated carbocycles. The van der Waals surface area contributed by atoms with Crippen LogP contribution in [0.2, 0.25) is 0 Å². The van der Waals surface area contributed by atoms with Crippen molar-refractivity contribution in [3.05, 3.63) is 58.7 Å². The van der Waals surface area contributed by atoms with Crippen molar-refractivity contribution in [3.63, 3.8) is 0 Å². The van der Waals surface area contributed by atoms with Gasteiger partial charge in [0.2, 0.25) is 5.75 Å². The van der Waals surface area contributed by atoms with E-state index in [1.54, 1.807) is 0 Å². The fraction of sp³-hybridized carbons (Fsp3) is 0.360. The molecule has 2 heterocycles. The Balaban J connectivity index is 1.79. The number of anilines is 1. The highest BCUT2D eigenvalue weighted by Gasteiger charge is 2.39. The molecule has 0 spiro atoms. The van der Waals surface area contributed by atoms with Crippen LogP contribution in [0.3, 0.4) is 0 Å². The zero-order chi connectivity index (χ0) is 28.8.